The summed E-state index contributed by atoms with van der Waals surface area (Å²) in [6, 6.07) is 0. The van der Waals surface area contributed by atoms with E-state index < -0.39 is 0 Å². The molecule has 1 heteroatoms. The van der Waals surface area contributed by atoms with Gasteiger partial charge in [0.05, 0.1) is 0 Å². The standard InChI is InChI=1S/C9H15N/c1-3-4-5-6-7-8-9-10-2/h3-5H,1-2,6-9H2/b5-4+. The van der Waals surface area contributed by atoms with Gasteiger partial charge in [-0.25, -0.2) is 0 Å². The molecule has 0 spiro atoms. The topological polar surface area (TPSA) is 12.4 Å². The molecule has 0 N–H and O–H groups in total. The van der Waals surface area contributed by atoms with Crippen molar-refractivity contribution >= 4 is 6.72 Å². The Morgan fingerprint density at radius 1 is 1.30 bits per heavy atom. The van der Waals surface area contributed by atoms with Crippen LogP contribution < -0.4 is 0 Å². The van der Waals surface area contributed by atoms with Crippen molar-refractivity contribution < 1.29 is 0 Å². The molecule has 0 aromatic carbocycles. The van der Waals surface area contributed by atoms with Crippen LogP contribution in [-0.4, -0.2) is 13.3 Å². The van der Waals surface area contributed by atoms with Crippen LogP contribution in [0.4, 0.5) is 0 Å². The van der Waals surface area contributed by atoms with Gasteiger partial charge in [0.15, 0.2) is 0 Å². The van der Waals surface area contributed by atoms with Crippen molar-refractivity contribution in [2.45, 2.75) is 19.3 Å². The van der Waals surface area contributed by atoms with E-state index in [4.69, 9.17) is 0 Å². The Bertz CT molecular complexity index is 114. The highest BCUT2D eigenvalue weighted by Gasteiger charge is 1.81. The van der Waals surface area contributed by atoms with E-state index in [-0.39, 0.29) is 0 Å². The van der Waals surface area contributed by atoms with Gasteiger partial charge in [-0.1, -0.05) is 24.8 Å². The van der Waals surface area contributed by atoms with E-state index in [1.807, 2.05) is 6.08 Å². The van der Waals surface area contributed by atoms with Crippen LogP contribution in [0, 0.1) is 0 Å². The molecule has 0 amide bonds. The zero-order valence-corrected chi connectivity index (χ0v) is 6.42. The van der Waals surface area contributed by atoms with Gasteiger partial charge in [-0.3, -0.25) is 0 Å². The first kappa shape index (κ1) is 9.15. The first-order chi connectivity index (χ1) is 4.91. The summed E-state index contributed by atoms with van der Waals surface area (Å²) in [5.74, 6) is 0. The van der Waals surface area contributed by atoms with Crippen molar-refractivity contribution in [2.75, 3.05) is 6.54 Å². The zero-order chi connectivity index (χ0) is 7.66. The fourth-order valence-corrected chi connectivity index (χ4v) is 0.678. The van der Waals surface area contributed by atoms with Crippen LogP contribution in [0.15, 0.2) is 29.8 Å². The van der Waals surface area contributed by atoms with E-state index >= 15 is 0 Å². The second kappa shape index (κ2) is 8.15. The van der Waals surface area contributed by atoms with Crippen LogP contribution in [-0.2, 0) is 0 Å². The summed E-state index contributed by atoms with van der Waals surface area (Å²) in [4.78, 5) is 3.76. The number of hydrogen-bond acceptors (Lipinski definition) is 1. The third-order valence-corrected chi connectivity index (χ3v) is 1.21. The van der Waals surface area contributed by atoms with Gasteiger partial charge in [-0.2, -0.15) is 0 Å². The number of rotatable bonds is 6. The molecule has 0 fully saturated rings. The van der Waals surface area contributed by atoms with E-state index in [2.05, 4.69) is 24.4 Å². The quantitative estimate of drug-likeness (QED) is 0.303. The fraction of sp³-hybridized carbons (Fsp3) is 0.444. The molecule has 0 saturated carbocycles. The molecule has 0 aliphatic heterocycles. The van der Waals surface area contributed by atoms with E-state index in [0.717, 1.165) is 19.4 Å². The van der Waals surface area contributed by atoms with Gasteiger partial charge in [0.25, 0.3) is 0 Å². The summed E-state index contributed by atoms with van der Waals surface area (Å²) >= 11 is 0. The summed E-state index contributed by atoms with van der Waals surface area (Å²) in [6.45, 7) is 7.88. The average molecular weight is 137 g/mol. The maximum absolute atomic E-state index is 3.76. The van der Waals surface area contributed by atoms with Crippen molar-refractivity contribution in [1.82, 2.24) is 0 Å². The van der Waals surface area contributed by atoms with Crippen molar-refractivity contribution in [1.29, 1.82) is 0 Å². The molecule has 0 radical (unpaired) electrons. The lowest BCUT2D eigenvalue weighted by atomic mass is 10.2. The Hall–Kier alpha value is -0.850. The fourth-order valence-electron chi connectivity index (χ4n) is 0.678. The Labute approximate surface area is 63.2 Å². The second-order valence-corrected chi connectivity index (χ2v) is 2.11. The van der Waals surface area contributed by atoms with Gasteiger partial charge in [0.2, 0.25) is 0 Å². The zero-order valence-electron chi connectivity index (χ0n) is 6.42. The van der Waals surface area contributed by atoms with Gasteiger partial charge < -0.3 is 4.99 Å². The summed E-state index contributed by atoms with van der Waals surface area (Å²) in [7, 11) is 0. The molecule has 0 atom stereocenters. The van der Waals surface area contributed by atoms with Gasteiger partial charge >= 0.3 is 0 Å². The van der Waals surface area contributed by atoms with Gasteiger partial charge in [0, 0.05) is 6.54 Å². The van der Waals surface area contributed by atoms with E-state index in [1.165, 1.54) is 6.42 Å². The molecular weight excluding hydrogens is 122 g/mol. The highest BCUT2D eigenvalue weighted by molar-refractivity contribution is 5.22. The molecule has 0 aromatic heterocycles. The monoisotopic (exact) mass is 137 g/mol. The summed E-state index contributed by atoms with van der Waals surface area (Å²) in [5, 5.41) is 0. The molecule has 0 aliphatic rings. The lowest BCUT2D eigenvalue weighted by molar-refractivity contribution is 0.762. The Morgan fingerprint density at radius 3 is 2.70 bits per heavy atom. The first-order valence-electron chi connectivity index (χ1n) is 3.62. The molecule has 0 aromatic rings. The molecule has 0 bridgehead atoms. The SMILES string of the molecule is C=C/C=C/CCCCN=C. The van der Waals surface area contributed by atoms with Crippen LogP contribution in [0.1, 0.15) is 19.3 Å². The van der Waals surface area contributed by atoms with Crippen LogP contribution in [0.3, 0.4) is 0 Å². The second-order valence-electron chi connectivity index (χ2n) is 2.11. The normalized spacial score (nSPS) is 10.0. The minimum Gasteiger partial charge on any atom is -0.301 e. The Morgan fingerprint density at radius 2 is 2.10 bits per heavy atom. The third kappa shape index (κ3) is 7.15. The van der Waals surface area contributed by atoms with Gasteiger partial charge in [0.1, 0.15) is 0 Å². The van der Waals surface area contributed by atoms with Crippen LogP contribution in [0.5, 0.6) is 0 Å². The average Bonchev–Trinajstić information content (AvgIpc) is 1.97. The molecule has 56 valence electrons. The number of nitrogens with zero attached hydrogens (tertiary/aromatic N) is 1. The molecule has 0 saturated heterocycles. The number of hydrogen-bond donors (Lipinski definition) is 0. The maximum atomic E-state index is 3.76. The molecule has 0 unspecified atom stereocenters. The lowest BCUT2D eigenvalue weighted by Gasteiger charge is -1.90. The van der Waals surface area contributed by atoms with Gasteiger partial charge in [-0.15, -0.1) is 0 Å². The minimum atomic E-state index is 0.891. The van der Waals surface area contributed by atoms with Crippen molar-refractivity contribution in [3.8, 4) is 0 Å². The van der Waals surface area contributed by atoms with E-state index in [9.17, 15) is 0 Å². The number of allylic oxidation sites excluding steroid dienone is 3. The van der Waals surface area contributed by atoms with Crippen LogP contribution >= 0.6 is 0 Å². The highest BCUT2D eigenvalue weighted by atomic mass is 14.7. The number of unbranched alkanes of at least 4 members (excludes halogenated alkanes) is 2. The van der Waals surface area contributed by atoms with Crippen molar-refractivity contribution in [3.63, 3.8) is 0 Å². The predicted molar refractivity (Wildman–Crippen MR) is 47.6 cm³/mol. The lowest BCUT2D eigenvalue weighted by Crippen LogP contribution is -1.78. The van der Waals surface area contributed by atoms with Gasteiger partial charge in [-0.05, 0) is 26.0 Å². The maximum Gasteiger partial charge on any atom is 0.0382 e. The highest BCUT2D eigenvalue weighted by Crippen LogP contribution is 1.96. The predicted octanol–water partition coefficient (Wildman–Crippen LogP) is 2.60. The van der Waals surface area contributed by atoms with Crippen LogP contribution in [0.2, 0.25) is 0 Å². The molecular formula is C9H15N. The minimum absolute atomic E-state index is 0.891. The summed E-state index contributed by atoms with van der Waals surface area (Å²) < 4.78 is 0. The van der Waals surface area contributed by atoms with Crippen molar-refractivity contribution in [2.24, 2.45) is 4.99 Å². The van der Waals surface area contributed by atoms with Crippen LogP contribution in [0.25, 0.3) is 0 Å². The van der Waals surface area contributed by atoms with Crippen molar-refractivity contribution in [3.05, 3.63) is 24.8 Å². The molecule has 0 rings (SSSR count). The van der Waals surface area contributed by atoms with E-state index in [0.29, 0.717) is 0 Å². The molecule has 0 heterocycles. The Balaban J connectivity index is 2.96. The summed E-state index contributed by atoms with van der Waals surface area (Å²) in [6.07, 6.45) is 9.36. The van der Waals surface area contributed by atoms with E-state index in [1.54, 1.807) is 6.08 Å². The molecule has 1 nitrogen and oxygen atoms in total. The molecule has 10 heavy (non-hydrogen) atoms. The largest absolute Gasteiger partial charge is 0.301 e. The third-order valence-electron chi connectivity index (χ3n) is 1.21. The first-order valence-corrected chi connectivity index (χ1v) is 3.62. The summed E-state index contributed by atoms with van der Waals surface area (Å²) in [5.41, 5.74) is 0. The molecule has 0 aliphatic carbocycles. The smallest absolute Gasteiger partial charge is 0.0382 e. The number of aliphatic imine (C=N–C) groups is 1. The Kier molecular flexibility index (Phi) is 7.46.